The van der Waals surface area contributed by atoms with E-state index >= 15 is 0 Å². The molecular formula is C11H16ClIN2O2S. The van der Waals surface area contributed by atoms with Crippen molar-refractivity contribution in [2.45, 2.75) is 23.8 Å². The summed E-state index contributed by atoms with van der Waals surface area (Å²) in [5.74, 6) is 0. The molecule has 0 aliphatic carbocycles. The van der Waals surface area contributed by atoms with Gasteiger partial charge in [0.05, 0.1) is 4.90 Å². The van der Waals surface area contributed by atoms with Crippen LogP contribution < -0.4 is 10.0 Å². The predicted octanol–water partition coefficient (Wildman–Crippen LogP) is 1.74. The molecule has 2 N–H and O–H groups in total. The summed E-state index contributed by atoms with van der Waals surface area (Å²) < 4.78 is 27.9. The largest absolute Gasteiger partial charge is 0.315 e. The Morgan fingerprint density at radius 2 is 2.17 bits per heavy atom. The number of sulfonamides is 1. The molecule has 1 aromatic carbocycles. The summed E-state index contributed by atoms with van der Waals surface area (Å²) in [4.78, 5) is 0.343. The molecule has 7 heteroatoms. The van der Waals surface area contributed by atoms with Gasteiger partial charge in [0.1, 0.15) is 0 Å². The van der Waals surface area contributed by atoms with Gasteiger partial charge in [-0.05, 0) is 60.2 Å². The maximum Gasteiger partial charge on any atom is 0.240 e. The summed E-state index contributed by atoms with van der Waals surface area (Å²) in [5.41, 5.74) is 0. The van der Waals surface area contributed by atoms with Gasteiger partial charge >= 0.3 is 0 Å². The fraction of sp³-hybridized carbons (Fsp3) is 0.455. The quantitative estimate of drug-likeness (QED) is 0.757. The van der Waals surface area contributed by atoms with Crippen LogP contribution in [0.25, 0.3) is 0 Å². The van der Waals surface area contributed by atoms with E-state index in [9.17, 15) is 8.42 Å². The van der Waals surface area contributed by atoms with Crippen LogP contribution in [0.15, 0.2) is 29.2 Å². The predicted molar refractivity (Wildman–Crippen MR) is 82.6 cm³/mol. The van der Waals surface area contributed by atoms with Crippen LogP contribution in [0, 0.1) is 3.57 Å². The third-order valence-corrected chi connectivity index (χ3v) is 4.91. The molecule has 0 aromatic heterocycles. The van der Waals surface area contributed by atoms with Crippen LogP contribution in [-0.2, 0) is 10.0 Å². The Bertz CT molecular complexity index is 490. The molecule has 18 heavy (non-hydrogen) atoms. The lowest BCUT2D eigenvalue weighted by atomic mass is 10.1. The molecule has 0 radical (unpaired) electrons. The highest BCUT2D eigenvalue weighted by atomic mass is 127. The van der Waals surface area contributed by atoms with Crippen molar-refractivity contribution in [1.82, 2.24) is 10.0 Å². The van der Waals surface area contributed by atoms with Crippen LogP contribution in [0.5, 0.6) is 0 Å². The molecule has 1 fully saturated rings. The fourth-order valence-corrected chi connectivity index (χ4v) is 3.94. The number of benzene rings is 1. The molecular weight excluding hydrogens is 387 g/mol. The summed E-state index contributed by atoms with van der Waals surface area (Å²) in [6.45, 7) is 1.69. The average Bonchev–Trinajstić information content (AvgIpc) is 2.30. The number of nitrogens with one attached hydrogen (secondary N) is 2. The molecule has 1 saturated heterocycles. The van der Waals surface area contributed by atoms with E-state index in [1.807, 2.05) is 6.07 Å². The first kappa shape index (κ1) is 16.2. The number of hydrogen-bond donors (Lipinski definition) is 2. The van der Waals surface area contributed by atoms with Crippen LogP contribution in [0.3, 0.4) is 0 Å². The Hall–Kier alpha value is 0.110. The second kappa shape index (κ2) is 7.04. The molecule has 1 aliphatic rings. The molecule has 2 rings (SSSR count). The summed E-state index contributed by atoms with van der Waals surface area (Å²) in [6.07, 6.45) is 1.91. The van der Waals surface area contributed by atoms with Crippen molar-refractivity contribution in [2.24, 2.45) is 0 Å². The van der Waals surface area contributed by atoms with E-state index in [1.165, 1.54) is 0 Å². The van der Waals surface area contributed by atoms with E-state index in [-0.39, 0.29) is 18.4 Å². The van der Waals surface area contributed by atoms with Crippen molar-refractivity contribution in [3.8, 4) is 0 Å². The Morgan fingerprint density at radius 1 is 1.39 bits per heavy atom. The van der Waals surface area contributed by atoms with Gasteiger partial charge in [0, 0.05) is 16.2 Å². The number of rotatable bonds is 3. The molecule has 1 aromatic rings. The zero-order valence-electron chi connectivity index (χ0n) is 9.73. The number of halogens is 2. The Morgan fingerprint density at radius 3 is 2.78 bits per heavy atom. The van der Waals surface area contributed by atoms with Gasteiger partial charge < -0.3 is 5.32 Å². The third kappa shape index (κ3) is 4.34. The van der Waals surface area contributed by atoms with Crippen LogP contribution in [-0.4, -0.2) is 27.5 Å². The standard InChI is InChI=1S/C11H15IN2O2S.ClH/c12-9-3-1-5-11(7-9)17(15,16)14-10-4-2-6-13-8-10;/h1,3,5,7,10,13-14H,2,4,6,8H2;1H. The maximum atomic E-state index is 12.1. The van der Waals surface area contributed by atoms with E-state index in [2.05, 4.69) is 32.6 Å². The van der Waals surface area contributed by atoms with Crippen LogP contribution >= 0.6 is 35.0 Å². The van der Waals surface area contributed by atoms with Crippen LogP contribution in [0.2, 0.25) is 0 Å². The van der Waals surface area contributed by atoms with Crippen molar-refractivity contribution >= 4 is 45.0 Å². The van der Waals surface area contributed by atoms with Gasteiger partial charge in [0.15, 0.2) is 0 Å². The molecule has 1 unspecified atom stereocenters. The highest BCUT2D eigenvalue weighted by Crippen LogP contribution is 2.14. The van der Waals surface area contributed by atoms with Crippen LogP contribution in [0.1, 0.15) is 12.8 Å². The first-order valence-corrected chi connectivity index (χ1v) is 8.13. The van der Waals surface area contributed by atoms with E-state index in [0.717, 1.165) is 23.0 Å². The SMILES string of the molecule is Cl.O=S(=O)(NC1CCCNC1)c1cccc(I)c1. The lowest BCUT2D eigenvalue weighted by Crippen LogP contribution is -2.45. The lowest BCUT2D eigenvalue weighted by Gasteiger charge is -2.23. The van der Waals surface area contributed by atoms with Crippen molar-refractivity contribution < 1.29 is 8.42 Å². The molecule has 4 nitrogen and oxygen atoms in total. The lowest BCUT2D eigenvalue weighted by molar-refractivity contribution is 0.428. The Balaban J connectivity index is 0.00000162. The fourth-order valence-electron chi connectivity index (χ4n) is 1.87. The van der Waals surface area contributed by atoms with E-state index in [1.54, 1.807) is 18.2 Å². The molecule has 0 spiro atoms. The van der Waals surface area contributed by atoms with E-state index < -0.39 is 10.0 Å². The first-order valence-electron chi connectivity index (χ1n) is 5.56. The van der Waals surface area contributed by atoms with Crippen molar-refractivity contribution in [3.63, 3.8) is 0 Å². The second-order valence-electron chi connectivity index (χ2n) is 4.12. The normalized spacial score (nSPS) is 20.2. The molecule has 102 valence electrons. The van der Waals surface area contributed by atoms with Crippen molar-refractivity contribution in [2.75, 3.05) is 13.1 Å². The van der Waals surface area contributed by atoms with Crippen LogP contribution in [0.4, 0.5) is 0 Å². The summed E-state index contributed by atoms with van der Waals surface area (Å²) in [7, 11) is -3.38. The van der Waals surface area contributed by atoms with E-state index in [4.69, 9.17) is 0 Å². The van der Waals surface area contributed by atoms with Gasteiger partial charge in [-0.2, -0.15) is 0 Å². The topological polar surface area (TPSA) is 58.2 Å². The van der Waals surface area contributed by atoms with Gasteiger partial charge in [0.2, 0.25) is 10.0 Å². The average molecular weight is 403 g/mol. The first-order chi connectivity index (χ1) is 8.08. The smallest absolute Gasteiger partial charge is 0.240 e. The minimum Gasteiger partial charge on any atom is -0.315 e. The van der Waals surface area contributed by atoms with Gasteiger partial charge in [0.25, 0.3) is 0 Å². The van der Waals surface area contributed by atoms with Gasteiger partial charge in [-0.25, -0.2) is 13.1 Å². The molecule has 0 bridgehead atoms. The minimum atomic E-state index is -3.38. The van der Waals surface area contributed by atoms with Gasteiger partial charge in [-0.1, -0.05) is 6.07 Å². The molecule has 0 saturated carbocycles. The van der Waals surface area contributed by atoms with Crippen molar-refractivity contribution in [3.05, 3.63) is 27.8 Å². The van der Waals surface area contributed by atoms with E-state index in [0.29, 0.717) is 11.4 Å². The Kier molecular flexibility index (Phi) is 6.32. The molecule has 1 heterocycles. The summed E-state index contributed by atoms with van der Waals surface area (Å²) in [6, 6.07) is 6.95. The van der Waals surface area contributed by atoms with Gasteiger partial charge in [-0.3, -0.25) is 0 Å². The highest BCUT2D eigenvalue weighted by Gasteiger charge is 2.21. The summed E-state index contributed by atoms with van der Waals surface area (Å²) in [5, 5.41) is 3.19. The summed E-state index contributed by atoms with van der Waals surface area (Å²) >= 11 is 2.11. The minimum absolute atomic E-state index is 0. The highest BCUT2D eigenvalue weighted by molar-refractivity contribution is 14.1. The monoisotopic (exact) mass is 402 g/mol. The zero-order valence-corrected chi connectivity index (χ0v) is 13.5. The number of hydrogen-bond acceptors (Lipinski definition) is 3. The van der Waals surface area contributed by atoms with Gasteiger partial charge in [-0.15, -0.1) is 12.4 Å². The molecule has 1 atom stereocenters. The zero-order chi connectivity index (χ0) is 12.3. The molecule has 0 amide bonds. The number of piperidine rings is 1. The second-order valence-corrected chi connectivity index (χ2v) is 7.08. The third-order valence-electron chi connectivity index (χ3n) is 2.73. The van der Waals surface area contributed by atoms with Crippen molar-refractivity contribution in [1.29, 1.82) is 0 Å². The maximum absolute atomic E-state index is 12.1. The Labute approximate surface area is 128 Å². The molecule has 1 aliphatic heterocycles.